The summed E-state index contributed by atoms with van der Waals surface area (Å²) in [7, 11) is 3.38. The molecule has 1 aromatic carbocycles. The average molecular weight is 344 g/mol. The van der Waals surface area contributed by atoms with Crippen LogP contribution in [0.1, 0.15) is 0 Å². The first-order chi connectivity index (χ1) is 9.61. The second-order valence-corrected chi connectivity index (χ2v) is 5.93. The average Bonchev–Trinajstić information content (AvgIpc) is 2.46. The van der Waals surface area contributed by atoms with Gasteiger partial charge >= 0.3 is 0 Å². The molecular formula is C14H18BrNO4. The summed E-state index contributed by atoms with van der Waals surface area (Å²) in [5.41, 5.74) is 0. The third-order valence-corrected chi connectivity index (χ3v) is 3.53. The van der Waals surface area contributed by atoms with E-state index in [1.807, 2.05) is 18.2 Å². The van der Waals surface area contributed by atoms with Gasteiger partial charge in [-0.05, 0) is 12.1 Å². The summed E-state index contributed by atoms with van der Waals surface area (Å²) in [6.45, 7) is 1.33. The van der Waals surface area contributed by atoms with Crippen LogP contribution in [0.15, 0.2) is 24.3 Å². The third kappa shape index (κ3) is 3.64. The number of ether oxygens (including phenoxy) is 3. The molecular weight excluding hydrogens is 326 g/mol. The maximum absolute atomic E-state index is 12.3. The zero-order valence-corrected chi connectivity index (χ0v) is 13.1. The van der Waals surface area contributed by atoms with E-state index in [-0.39, 0.29) is 17.3 Å². The van der Waals surface area contributed by atoms with Crippen molar-refractivity contribution in [2.24, 2.45) is 0 Å². The number of fused-ring (bicyclic) bond motifs is 1. The fourth-order valence-electron chi connectivity index (χ4n) is 2.01. The standard InChI is InChI=1S/C14H18BrNO4/c1-16(7-10(15)8-18-2)14(17)13-9-19-11-5-3-4-6-12(11)20-13/h3-6,10,13H,7-9H2,1-2H3. The summed E-state index contributed by atoms with van der Waals surface area (Å²) < 4.78 is 16.3. The lowest BCUT2D eigenvalue weighted by Crippen LogP contribution is -2.46. The van der Waals surface area contributed by atoms with Gasteiger partial charge in [-0.25, -0.2) is 0 Å². The van der Waals surface area contributed by atoms with Crippen molar-refractivity contribution in [1.29, 1.82) is 0 Å². The molecule has 0 aliphatic carbocycles. The van der Waals surface area contributed by atoms with E-state index in [1.165, 1.54) is 0 Å². The molecule has 2 unspecified atom stereocenters. The SMILES string of the molecule is COCC(Br)CN(C)C(=O)C1COc2ccccc2O1. The number of hydrogen-bond acceptors (Lipinski definition) is 4. The van der Waals surface area contributed by atoms with Crippen molar-refractivity contribution in [3.05, 3.63) is 24.3 Å². The molecule has 6 heteroatoms. The molecule has 0 radical (unpaired) electrons. The van der Waals surface area contributed by atoms with Gasteiger partial charge in [-0.2, -0.15) is 0 Å². The molecule has 5 nitrogen and oxygen atoms in total. The van der Waals surface area contributed by atoms with Crippen molar-refractivity contribution in [2.45, 2.75) is 10.9 Å². The Morgan fingerprint density at radius 2 is 2.20 bits per heavy atom. The fraction of sp³-hybridized carbons (Fsp3) is 0.500. The van der Waals surface area contributed by atoms with Gasteiger partial charge in [0.15, 0.2) is 11.5 Å². The number of para-hydroxylation sites is 2. The Morgan fingerprint density at radius 1 is 1.50 bits per heavy atom. The predicted molar refractivity (Wildman–Crippen MR) is 78.6 cm³/mol. The fourth-order valence-corrected chi connectivity index (χ4v) is 2.71. The van der Waals surface area contributed by atoms with Crippen LogP contribution in [0.3, 0.4) is 0 Å². The number of carbonyl (C=O) groups excluding carboxylic acids is 1. The maximum Gasteiger partial charge on any atom is 0.267 e. The van der Waals surface area contributed by atoms with Crippen molar-refractivity contribution in [2.75, 3.05) is 33.9 Å². The van der Waals surface area contributed by atoms with Crippen molar-refractivity contribution in [1.82, 2.24) is 4.90 Å². The monoisotopic (exact) mass is 343 g/mol. The highest BCUT2D eigenvalue weighted by Gasteiger charge is 2.30. The van der Waals surface area contributed by atoms with E-state index in [9.17, 15) is 4.79 Å². The molecule has 1 amide bonds. The lowest BCUT2D eigenvalue weighted by Gasteiger charge is -2.29. The lowest BCUT2D eigenvalue weighted by molar-refractivity contribution is -0.139. The number of amides is 1. The molecule has 0 spiro atoms. The Kier molecular flexibility index (Phi) is 5.25. The van der Waals surface area contributed by atoms with Gasteiger partial charge in [0.2, 0.25) is 6.10 Å². The van der Waals surface area contributed by atoms with E-state index in [2.05, 4.69) is 15.9 Å². The van der Waals surface area contributed by atoms with E-state index in [0.717, 1.165) is 0 Å². The van der Waals surface area contributed by atoms with Crippen molar-refractivity contribution < 1.29 is 19.0 Å². The van der Waals surface area contributed by atoms with E-state index < -0.39 is 6.10 Å². The molecule has 2 atom stereocenters. The molecule has 0 saturated heterocycles. The summed E-state index contributed by atoms with van der Waals surface area (Å²) in [5, 5.41) is 0. The number of alkyl halides is 1. The molecule has 20 heavy (non-hydrogen) atoms. The molecule has 0 saturated carbocycles. The lowest BCUT2D eigenvalue weighted by atomic mass is 10.2. The molecule has 1 aliphatic heterocycles. The second-order valence-electron chi connectivity index (χ2n) is 4.64. The third-order valence-electron chi connectivity index (χ3n) is 2.98. The Labute approximate surface area is 126 Å². The summed E-state index contributed by atoms with van der Waals surface area (Å²) in [4.78, 5) is 14.0. The van der Waals surface area contributed by atoms with E-state index in [4.69, 9.17) is 14.2 Å². The van der Waals surface area contributed by atoms with Gasteiger partial charge in [0.05, 0.1) is 11.4 Å². The topological polar surface area (TPSA) is 48.0 Å². The molecule has 1 aromatic rings. The van der Waals surface area contributed by atoms with Gasteiger partial charge in [-0.1, -0.05) is 28.1 Å². The van der Waals surface area contributed by atoms with Gasteiger partial charge in [-0.3, -0.25) is 4.79 Å². The number of methoxy groups -OCH3 is 1. The molecule has 2 rings (SSSR count). The molecule has 0 bridgehead atoms. The molecule has 0 N–H and O–H groups in total. The van der Waals surface area contributed by atoms with Crippen LogP contribution in [0.2, 0.25) is 0 Å². The number of nitrogens with zero attached hydrogens (tertiary/aromatic N) is 1. The zero-order chi connectivity index (χ0) is 14.5. The summed E-state index contributed by atoms with van der Waals surface area (Å²) in [5.74, 6) is 1.19. The molecule has 0 fully saturated rings. The minimum absolute atomic E-state index is 0.0956. The molecule has 1 heterocycles. The van der Waals surface area contributed by atoms with Crippen LogP contribution in [0.4, 0.5) is 0 Å². The molecule has 110 valence electrons. The van der Waals surface area contributed by atoms with Gasteiger partial charge in [-0.15, -0.1) is 0 Å². The van der Waals surface area contributed by atoms with Crippen LogP contribution in [0.5, 0.6) is 11.5 Å². The van der Waals surface area contributed by atoms with Crippen LogP contribution < -0.4 is 9.47 Å². The molecule has 0 aromatic heterocycles. The van der Waals surface area contributed by atoms with E-state index in [0.29, 0.717) is 24.7 Å². The highest BCUT2D eigenvalue weighted by Crippen LogP contribution is 2.31. The summed E-state index contributed by atoms with van der Waals surface area (Å²) in [6.07, 6.45) is -0.600. The van der Waals surface area contributed by atoms with Crippen molar-refractivity contribution in [3.8, 4) is 11.5 Å². The van der Waals surface area contributed by atoms with Crippen LogP contribution in [0, 0.1) is 0 Å². The normalized spacial score (nSPS) is 18.4. The molecule has 1 aliphatic rings. The van der Waals surface area contributed by atoms with Crippen molar-refractivity contribution in [3.63, 3.8) is 0 Å². The quantitative estimate of drug-likeness (QED) is 0.763. The first kappa shape index (κ1) is 15.1. The van der Waals surface area contributed by atoms with Crippen molar-refractivity contribution >= 4 is 21.8 Å². The first-order valence-electron chi connectivity index (χ1n) is 6.38. The Hall–Kier alpha value is -1.27. The predicted octanol–water partition coefficient (Wildman–Crippen LogP) is 1.69. The Bertz CT molecular complexity index is 468. The number of benzene rings is 1. The number of hydrogen-bond donors (Lipinski definition) is 0. The summed E-state index contributed by atoms with van der Waals surface area (Å²) >= 11 is 3.47. The van der Waals surface area contributed by atoms with Gasteiger partial charge in [0.25, 0.3) is 5.91 Å². The highest BCUT2D eigenvalue weighted by atomic mass is 79.9. The van der Waals surface area contributed by atoms with Crippen LogP contribution in [-0.2, 0) is 9.53 Å². The number of rotatable bonds is 5. The zero-order valence-electron chi connectivity index (χ0n) is 11.5. The highest BCUT2D eigenvalue weighted by molar-refractivity contribution is 9.09. The van der Waals surface area contributed by atoms with E-state index in [1.54, 1.807) is 25.1 Å². The minimum atomic E-state index is -0.600. The Morgan fingerprint density at radius 3 is 2.90 bits per heavy atom. The number of likely N-dealkylation sites (N-methyl/N-ethyl adjacent to an activating group) is 1. The van der Waals surface area contributed by atoms with Gasteiger partial charge in [0.1, 0.15) is 6.61 Å². The first-order valence-corrected chi connectivity index (χ1v) is 7.30. The minimum Gasteiger partial charge on any atom is -0.485 e. The summed E-state index contributed by atoms with van der Waals surface area (Å²) in [6, 6.07) is 7.35. The van der Waals surface area contributed by atoms with Gasteiger partial charge in [0, 0.05) is 20.7 Å². The second kappa shape index (κ2) is 6.95. The van der Waals surface area contributed by atoms with Crippen LogP contribution in [-0.4, -0.2) is 55.7 Å². The number of halogens is 1. The largest absolute Gasteiger partial charge is 0.485 e. The van der Waals surface area contributed by atoms with Crippen LogP contribution >= 0.6 is 15.9 Å². The van der Waals surface area contributed by atoms with Gasteiger partial charge < -0.3 is 19.1 Å². The Balaban J connectivity index is 1.94. The number of carbonyl (C=O) groups is 1. The smallest absolute Gasteiger partial charge is 0.267 e. The van der Waals surface area contributed by atoms with E-state index >= 15 is 0 Å². The maximum atomic E-state index is 12.3. The van der Waals surface area contributed by atoms with Crippen LogP contribution in [0.25, 0.3) is 0 Å².